The summed E-state index contributed by atoms with van der Waals surface area (Å²) in [6.45, 7) is 6.22. The van der Waals surface area contributed by atoms with Gasteiger partial charge in [0.15, 0.2) is 17.5 Å². The average Bonchev–Trinajstić information content (AvgIpc) is 3.74. The molecule has 3 aliphatic carbocycles. The third-order valence-electron chi connectivity index (χ3n) is 10.7. The highest BCUT2D eigenvalue weighted by atomic mass is 16.5. The van der Waals surface area contributed by atoms with E-state index < -0.39 is 0 Å². The number of aromatic nitrogens is 4. The lowest BCUT2D eigenvalue weighted by atomic mass is 9.83. The molecule has 5 nitrogen and oxygen atoms in total. The number of allylic oxidation sites excluding steroid dienone is 9. The van der Waals surface area contributed by atoms with Crippen LogP contribution in [0.2, 0.25) is 0 Å². The Balaban J connectivity index is 1.19. The van der Waals surface area contributed by atoms with Crippen molar-refractivity contribution in [3.63, 3.8) is 0 Å². The molecule has 0 spiro atoms. The van der Waals surface area contributed by atoms with Gasteiger partial charge in [-0.3, -0.25) is 4.98 Å². The van der Waals surface area contributed by atoms with Crippen LogP contribution in [0.15, 0.2) is 158 Å². The first kappa shape index (κ1) is 30.4. The Labute approximate surface area is 302 Å². The van der Waals surface area contributed by atoms with Crippen LogP contribution in [0.25, 0.3) is 72.6 Å². The maximum Gasteiger partial charge on any atom is 0.182 e. The molecule has 248 valence electrons. The summed E-state index contributed by atoms with van der Waals surface area (Å²) >= 11 is 0. The molecule has 4 unspecified atom stereocenters. The minimum Gasteiger partial charge on any atom is -0.484 e. The lowest BCUT2D eigenvalue weighted by Crippen LogP contribution is -2.14. The molecular formula is C47H34N4O. The number of rotatable bonds is 6. The van der Waals surface area contributed by atoms with Crippen LogP contribution in [-0.2, 0) is 0 Å². The van der Waals surface area contributed by atoms with Crippen molar-refractivity contribution in [2.24, 2.45) is 11.8 Å². The van der Waals surface area contributed by atoms with Gasteiger partial charge in [-0.1, -0.05) is 152 Å². The van der Waals surface area contributed by atoms with Crippen LogP contribution < -0.4 is 4.74 Å². The molecule has 5 heteroatoms. The molecule has 0 saturated carbocycles. The highest BCUT2D eigenvalue weighted by Gasteiger charge is 2.38. The van der Waals surface area contributed by atoms with E-state index in [1.54, 1.807) is 0 Å². The van der Waals surface area contributed by atoms with Crippen molar-refractivity contribution in [3.8, 4) is 62.0 Å². The molecular weight excluding hydrogens is 637 g/mol. The van der Waals surface area contributed by atoms with E-state index in [9.17, 15) is 0 Å². The summed E-state index contributed by atoms with van der Waals surface area (Å²) in [5.74, 6) is 2.97. The van der Waals surface area contributed by atoms with Gasteiger partial charge in [-0.15, -0.1) is 0 Å². The predicted octanol–water partition coefficient (Wildman–Crippen LogP) is 11.0. The van der Waals surface area contributed by atoms with Crippen molar-refractivity contribution in [2.45, 2.75) is 18.9 Å². The first-order chi connectivity index (χ1) is 25.7. The third kappa shape index (κ3) is 4.70. The Morgan fingerprint density at radius 2 is 1.38 bits per heavy atom. The number of benzene rings is 4. The second kappa shape index (κ2) is 12.1. The molecule has 0 bridgehead atoms. The zero-order valence-corrected chi connectivity index (χ0v) is 28.6. The second-order valence-electron chi connectivity index (χ2n) is 13.6. The van der Waals surface area contributed by atoms with Gasteiger partial charge < -0.3 is 4.74 Å². The summed E-state index contributed by atoms with van der Waals surface area (Å²) in [6, 6.07) is 29.8. The largest absolute Gasteiger partial charge is 0.484 e. The first-order valence-corrected chi connectivity index (χ1v) is 17.9. The van der Waals surface area contributed by atoms with E-state index in [0.29, 0.717) is 29.1 Å². The van der Waals surface area contributed by atoms with Gasteiger partial charge >= 0.3 is 0 Å². The van der Waals surface area contributed by atoms with Crippen LogP contribution in [0, 0.1) is 11.8 Å². The zero-order valence-electron chi connectivity index (χ0n) is 28.6. The molecule has 52 heavy (non-hydrogen) atoms. The molecule has 4 aliphatic rings. The molecule has 2 aromatic heterocycles. The summed E-state index contributed by atoms with van der Waals surface area (Å²) in [5.41, 5.74) is 10.6. The molecule has 0 fully saturated rings. The fraction of sp³-hybridized carbons (Fsp3) is 0.106. The van der Waals surface area contributed by atoms with E-state index in [1.807, 2.05) is 49.5 Å². The van der Waals surface area contributed by atoms with Gasteiger partial charge in [0.05, 0.1) is 0 Å². The van der Waals surface area contributed by atoms with E-state index in [0.717, 1.165) is 33.6 Å². The number of hydrogen-bond donors (Lipinski definition) is 0. The Morgan fingerprint density at radius 3 is 2.19 bits per heavy atom. The van der Waals surface area contributed by atoms with Gasteiger partial charge in [0.1, 0.15) is 17.5 Å². The maximum absolute atomic E-state index is 6.86. The summed E-state index contributed by atoms with van der Waals surface area (Å²) in [5, 5.41) is 2.43. The third-order valence-corrected chi connectivity index (χ3v) is 10.7. The number of ether oxygens (including phenoxy) is 1. The number of pyridine rings is 1. The molecule has 0 amide bonds. The van der Waals surface area contributed by atoms with E-state index in [2.05, 4.69) is 116 Å². The highest BCUT2D eigenvalue weighted by molar-refractivity contribution is 6.19. The number of nitrogens with zero attached hydrogens (tertiary/aromatic N) is 4. The predicted molar refractivity (Wildman–Crippen MR) is 210 cm³/mol. The number of fused-ring (bicyclic) bond motifs is 5. The minimum atomic E-state index is -0.282. The molecule has 4 atom stereocenters. The van der Waals surface area contributed by atoms with Crippen LogP contribution >= 0.6 is 0 Å². The van der Waals surface area contributed by atoms with Crippen LogP contribution in [-0.4, -0.2) is 26.0 Å². The standard InChI is InChI=1S/C47H34N4O/c1-3-13-38-40(4-2)52-44-39(34-24-25-37-33-19-11-10-18-32(33)35-20-12-21-36(34)41(35)37)27-48-43(42(38)44)47-50-45(29-15-6-5-7-16-29)49-46(51-47)31-23-22-28-14-8-9-17-30(28)26-31/h3-28,30,38,40H,2H2,1H3/b13-3-. The summed E-state index contributed by atoms with van der Waals surface area (Å²) in [4.78, 5) is 20.6. The van der Waals surface area contributed by atoms with Crippen molar-refractivity contribution in [1.82, 2.24) is 19.9 Å². The normalized spacial score (nSPS) is 20.4. The smallest absolute Gasteiger partial charge is 0.182 e. The molecule has 0 saturated heterocycles. The molecule has 10 rings (SSSR count). The summed E-state index contributed by atoms with van der Waals surface area (Å²) < 4.78 is 6.86. The van der Waals surface area contributed by atoms with E-state index in [-0.39, 0.29) is 17.9 Å². The lowest BCUT2D eigenvalue weighted by molar-refractivity contribution is 0.271. The van der Waals surface area contributed by atoms with Gasteiger partial charge in [0.25, 0.3) is 0 Å². The minimum absolute atomic E-state index is 0.130. The van der Waals surface area contributed by atoms with Gasteiger partial charge in [-0.05, 0) is 45.5 Å². The number of hydrogen-bond acceptors (Lipinski definition) is 5. The van der Waals surface area contributed by atoms with E-state index >= 15 is 0 Å². The highest BCUT2D eigenvalue weighted by Crippen LogP contribution is 2.53. The monoisotopic (exact) mass is 670 g/mol. The van der Waals surface area contributed by atoms with Crippen molar-refractivity contribution in [1.29, 1.82) is 0 Å². The van der Waals surface area contributed by atoms with Gasteiger partial charge in [0, 0.05) is 46.2 Å². The van der Waals surface area contributed by atoms with Crippen molar-refractivity contribution >= 4 is 16.3 Å². The summed E-state index contributed by atoms with van der Waals surface area (Å²) in [6.07, 6.45) is 23.1. The summed E-state index contributed by atoms with van der Waals surface area (Å²) in [7, 11) is 0. The first-order valence-electron chi connectivity index (χ1n) is 17.9. The molecule has 6 aromatic rings. The molecule has 0 radical (unpaired) electrons. The maximum atomic E-state index is 6.86. The zero-order chi connectivity index (χ0) is 34.8. The molecule has 4 aromatic carbocycles. The van der Waals surface area contributed by atoms with Crippen molar-refractivity contribution in [3.05, 3.63) is 170 Å². The van der Waals surface area contributed by atoms with Crippen LogP contribution in [0.5, 0.6) is 5.75 Å². The fourth-order valence-electron chi connectivity index (χ4n) is 8.30. The van der Waals surface area contributed by atoms with Crippen molar-refractivity contribution in [2.75, 3.05) is 0 Å². The Hall–Kier alpha value is -6.46. The second-order valence-corrected chi connectivity index (χ2v) is 13.6. The molecule has 0 N–H and O–H groups in total. The van der Waals surface area contributed by atoms with Crippen LogP contribution in [0.4, 0.5) is 0 Å². The van der Waals surface area contributed by atoms with Crippen LogP contribution in [0.1, 0.15) is 24.2 Å². The quantitative estimate of drug-likeness (QED) is 0.165. The van der Waals surface area contributed by atoms with Gasteiger partial charge in [-0.2, -0.15) is 0 Å². The van der Waals surface area contributed by atoms with Gasteiger partial charge in [-0.25, -0.2) is 15.0 Å². The SMILES string of the molecule is C=CC1Oc2c(-c3ccc4c5c(cccc35)-c3ccccc3-4)cnc(-c3nc(C4=CC5C=CC=CC5C=C4)nc(-c4ccccc4)n3)c2C1/C=C\C. The topological polar surface area (TPSA) is 60.8 Å². The van der Waals surface area contributed by atoms with E-state index in [1.165, 1.54) is 33.0 Å². The molecule has 1 aliphatic heterocycles. The average molecular weight is 671 g/mol. The fourth-order valence-corrected chi connectivity index (χ4v) is 8.30. The van der Waals surface area contributed by atoms with Crippen molar-refractivity contribution < 1.29 is 4.74 Å². The van der Waals surface area contributed by atoms with Gasteiger partial charge in [0.2, 0.25) is 0 Å². The Kier molecular flexibility index (Phi) is 7.07. The Bertz CT molecular complexity index is 2580. The van der Waals surface area contributed by atoms with E-state index in [4.69, 9.17) is 24.7 Å². The molecule has 3 heterocycles. The lowest BCUT2D eigenvalue weighted by Gasteiger charge is -2.23. The van der Waals surface area contributed by atoms with Crippen LogP contribution in [0.3, 0.4) is 0 Å². The Morgan fingerprint density at radius 1 is 0.673 bits per heavy atom.